The zero-order valence-corrected chi connectivity index (χ0v) is 10.5. The first-order chi connectivity index (χ1) is 8.50. The molecule has 2 unspecified atom stereocenters. The van der Waals surface area contributed by atoms with Gasteiger partial charge in [-0.2, -0.15) is 0 Å². The molecule has 0 saturated carbocycles. The summed E-state index contributed by atoms with van der Waals surface area (Å²) < 4.78 is 0. The minimum Gasteiger partial charge on any atom is -0.481 e. The van der Waals surface area contributed by atoms with Crippen LogP contribution in [0.15, 0.2) is 30.3 Å². The van der Waals surface area contributed by atoms with Crippen molar-refractivity contribution in [2.24, 2.45) is 5.92 Å². The molecule has 18 heavy (non-hydrogen) atoms. The molecule has 5 nitrogen and oxygen atoms in total. The van der Waals surface area contributed by atoms with Gasteiger partial charge in [0.2, 0.25) is 0 Å². The number of nitrogens with one attached hydrogen (secondary N) is 2. The number of carboxylic acids is 1. The number of carboxylic acid groups (broad SMARTS) is 1. The Morgan fingerprint density at radius 3 is 2.39 bits per heavy atom. The summed E-state index contributed by atoms with van der Waals surface area (Å²) in [5, 5.41) is 14.1. The fraction of sp³-hybridized carbons (Fsp3) is 0.385. The molecule has 5 heteroatoms. The molecule has 0 saturated heterocycles. The number of carbonyl (C=O) groups is 2. The summed E-state index contributed by atoms with van der Waals surface area (Å²) in [6.07, 6.45) is 0. The van der Waals surface area contributed by atoms with E-state index in [1.54, 1.807) is 13.8 Å². The van der Waals surface area contributed by atoms with Gasteiger partial charge in [-0.15, -0.1) is 0 Å². The molecule has 1 aromatic carbocycles. The fourth-order valence-electron chi connectivity index (χ4n) is 1.37. The van der Waals surface area contributed by atoms with Gasteiger partial charge in [0.25, 0.3) is 0 Å². The Morgan fingerprint density at radius 1 is 1.22 bits per heavy atom. The van der Waals surface area contributed by atoms with Crippen LogP contribution in [0.4, 0.5) is 4.79 Å². The molecule has 0 heterocycles. The molecule has 0 aliphatic rings. The summed E-state index contributed by atoms with van der Waals surface area (Å²) in [7, 11) is 0. The highest BCUT2D eigenvalue weighted by atomic mass is 16.4. The van der Waals surface area contributed by atoms with E-state index < -0.39 is 17.9 Å². The van der Waals surface area contributed by atoms with Crippen LogP contribution in [-0.4, -0.2) is 23.1 Å². The van der Waals surface area contributed by atoms with Gasteiger partial charge in [-0.1, -0.05) is 30.3 Å². The Morgan fingerprint density at radius 2 is 1.83 bits per heavy atom. The van der Waals surface area contributed by atoms with E-state index in [0.29, 0.717) is 6.54 Å². The third-order valence-corrected chi connectivity index (χ3v) is 2.79. The van der Waals surface area contributed by atoms with Crippen LogP contribution >= 0.6 is 0 Å². The van der Waals surface area contributed by atoms with Crippen molar-refractivity contribution in [1.82, 2.24) is 10.6 Å². The van der Waals surface area contributed by atoms with Crippen molar-refractivity contribution in [3.63, 3.8) is 0 Å². The van der Waals surface area contributed by atoms with Crippen molar-refractivity contribution < 1.29 is 14.7 Å². The van der Waals surface area contributed by atoms with Crippen molar-refractivity contribution in [3.8, 4) is 0 Å². The summed E-state index contributed by atoms with van der Waals surface area (Å²) in [5.41, 5.74) is 0.992. The van der Waals surface area contributed by atoms with E-state index in [0.717, 1.165) is 5.56 Å². The molecule has 0 aliphatic carbocycles. The van der Waals surface area contributed by atoms with Gasteiger partial charge in [0.1, 0.15) is 0 Å². The first-order valence-corrected chi connectivity index (χ1v) is 5.82. The molecular formula is C13H18N2O3. The molecule has 98 valence electrons. The lowest BCUT2D eigenvalue weighted by molar-refractivity contribution is -0.141. The van der Waals surface area contributed by atoms with Gasteiger partial charge in [0.15, 0.2) is 0 Å². The highest BCUT2D eigenvalue weighted by Crippen LogP contribution is 2.02. The minimum absolute atomic E-state index is 0.362. The number of amides is 2. The van der Waals surface area contributed by atoms with Crippen LogP contribution in [0.2, 0.25) is 0 Å². The zero-order chi connectivity index (χ0) is 13.5. The van der Waals surface area contributed by atoms with Crippen molar-refractivity contribution in [3.05, 3.63) is 35.9 Å². The van der Waals surface area contributed by atoms with Crippen LogP contribution < -0.4 is 10.6 Å². The Hall–Kier alpha value is -2.04. The maximum Gasteiger partial charge on any atom is 0.315 e. The quantitative estimate of drug-likeness (QED) is 0.742. The van der Waals surface area contributed by atoms with E-state index in [4.69, 9.17) is 5.11 Å². The maximum atomic E-state index is 11.5. The number of rotatable bonds is 5. The second-order valence-corrected chi connectivity index (χ2v) is 4.23. The molecule has 2 atom stereocenters. The van der Waals surface area contributed by atoms with Gasteiger partial charge in [-0.3, -0.25) is 4.79 Å². The number of urea groups is 1. The third-order valence-electron chi connectivity index (χ3n) is 2.79. The predicted octanol–water partition coefficient (Wildman–Crippen LogP) is 1.60. The van der Waals surface area contributed by atoms with E-state index in [1.807, 2.05) is 30.3 Å². The molecule has 0 fully saturated rings. The molecule has 0 bridgehead atoms. The molecule has 3 N–H and O–H groups in total. The lowest BCUT2D eigenvalue weighted by Crippen LogP contribution is -2.44. The van der Waals surface area contributed by atoms with Gasteiger partial charge in [-0.25, -0.2) is 4.79 Å². The van der Waals surface area contributed by atoms with E-state index in [-0.39, 0.29) is 6.03 Å². The molecule has 0 aromatic heterocycles. The van der Waals surface area contributed by atoms with Gasteiger partial charge in [0.05, 0.1) is 5.92 Å². The Kier molecular flexibility index (Phi) is 5.17. The maximum absolute atomic E-state index is 11.5. The summed E-state index contributed by atoms with van der Waals surface area (Å²) >= 11 is 0. The molecule has 0 radical (unpaired) electrons. The second-order valence-electron chi connectivity index (χ2n) is 4.23. The van der Waals surface area contributed by atoms with Crippen LogP contribution in [-0.2, 0) is 11.3 Å². The zero-order valence-electron chi connectivity index (χ0n) is 10.5. The van der Waals surface area contributed by atoms with Crippen molar-refractivity contribution in [2.45, 2.75) is 26.4 Å². The van der Waals surface area contributed by atoms with Gasteiger partial charge in [0, 0.05) is 12.6 Å². The smallest absolute Gasteiger partial charge is 0.315 e. The number of aliphatic carboxylic acids is 1. The second kappa shape index (κ2) is 6.64. The van der Waals surface area contributed by atoms with Crippen LogP contribution in [0.25, 0.3) is 0 Å². The Balaban J connectivity index is 2.36. The molecule has 1 aromatic rings. The Bertz CT molecular complexity index is 406. The van der Waals surface area contributed by atoms with Crippen LogP contribution in [0.1, 0.15) is 19.4 Å². The van der Waals surface area contributed by atoms with Gasteiger partial charge >= 0.3 is 12.0 Å². The lowest BCUT2D eigenvalue weighted by atomic mass is 10.0. The monoisotopic (exact) mass is 250 g/mol. The highest BCUT2D eigenvalue weighted by molar-refractivity contribution is 5.76. The molecule has 0 spiro atoms. The third kappa shape index (κ3) is 4.45. The van der Waals surface area contributed by atoms with E-state index >= 15 is 0 Å². The summed E-state index contributed by atoms with van der Waals surface area (Å²) in [6.45, 7) is 3.65. The molecular weight excluding hydrogens is 232 g/mol. The topological polar surface area (TPSA) is 78.4 Å². The van der Waals surface area contributed by atoms with E-state index in [1.165, 1.54) is 0 Å². The predicted molar refractivity (Wildman–Crippen MR) is 68.1 cm³/mol. The van der Waals surface area contributed by atoms with Crippen LogP contribution in [0.3, 0.4) is 0 Å². The average molecular weight is 250 g/mol. The van der Waals surface area contributed by atoms with Crippen molar-refractivity contribution in [1.29, 1.82) is 0 Å². The largest absolute Gasteiger partial charge is 0.481 e. The van der Waals surface area contributed by atoms with Crippen molar-refractivity contribution >= 4 is 12.0 Å². The lowest BCUT2D eigenvalue weighted by Gasteiger charge is -2.18. The summed E-state index contributed by atoms with van der Waals surface area (Å²) in [4.78, 5) is 22.3. The van der Waals surface area contributed by atoms with E-state index in [2.05, 4.69) is 10.6 Å². The van der Waals surface area contributed by atoms with Gasteiger partial charge in [-0.05, 0) is 19.4 Å². The van der Waals surface area contributed by atoms with Crippen LogP contribution in [0.5, 0.6) is 0 Å². The molecule has 0 aliphatic heterocycles. The number of hydrogen-bond acceptors (Lipinski definition) is 2. The summed E-state index contributed by atoms with van der Waals surface area (Å²) in [5.74, 6) is -1.54. The fourth-order valence-corrected chi connectivity index (χ4v) is 1.37. The van der Waals surface area contributed by atoms with E-state index in [9.17, 15) is 9.59 Å². The first kappa shape index (κ1) is 14.0. The number of benzene rings is 1. The average Bonchev–Trinajstić information content (AvgIpc) is 2.36. The van der Waals surface area contributed by atoms with Crippen molar-refractivity contribution in [2.75, 3.05) is 0 Å². The SMILES string of the molecule is CC(NC(=O)NCc1ccccc1)C(C)C(=O)O. The first-order valence-electron chi connectivity index (χ1n) is 5.82. The number of carbonyl (C=O) groups excluding carboxylic acids is 1. The normalized spacial score (nSPS) is 13.4. The summed E-state index contributed by atoms with van der Waals surface area (Å²) in [6, 6.07) is 8.72. The molecule has 2 amide bonds. The Labute approximate surface area is 106 Å². The number of hydrogen-bond donors (Lipinski definition) is 3. The van der Waals surface area contributed by atoms with Gasteiger partial charge < -0.3 is 15.7 Å². The minimum atomic E-state index is -0.925. The van der Waals surface area contributed by atoms with Crippen LogP contribution in [0, 0.1) is 5.92 Å². The standard InChI is InChI=1S/C13H18N2O3/c1-9(12(16)17)10(2)15-13(18)14-8-11-6-4-3-5-7-11/h3-7,9-10H,8H2,1-2H3,(H,16,17)(H2,14,15,18). The molecule has 1 rings (SSSR count). The highest BCUT2D eigenvalue weighted by Gasteiger charge is 2.20.